The lowest BCUT2D eigenvalue weighted by Gasteiger charge is -2.33. The van der Waals surface area contributed by atoms with Crippen molar-refractivity contribution in [2.24, 2.45) is 0 Å². The molecule has 1 fully saturated rings. The molecule has 1 aliphatic heterocycles. The topological polar surface area (TPSA) is 89.9 Å². The van der Waals surface area contributed by atoms with E-state index in [1.807, 2.05) is 0 Å². The number of likely N-dealkylation sites (N-methyl/N-ethyl adjacent to an activating group) is 1. The van der Waals surface area contributed by atoms with Crippen LogP contribution in [-0.2, 0) is 0 Å². The first-order valence-electron chi connectivity index (χ1n) is 9.47. The van der Waals surface area contributed by atoms with Gasteiger partial charge in [0.15, 0.2) is 5.76 Å². The fraction of sp³-hybridized carbons (Fsp3) is 0.667. The number of piperazine rings is 1. The zero-order valence-corrected chi connectivity index (χ0v) is 15.6. The van der Waals surface area contributed by atoms with Crippen LogP contribution in [0.2, 0.25) is 0 Å². The van der Waals surface area contributed by atoms with Crippen molar-refractivity contribution in [1.29, 1.82) is 0 Å². The molecule has 3 amide bonds. The van der Waals surface area contributed by atoms with Crippen molar-refractivity contribution in [2.75, 3.05) is 58.9 Å². The molecular formula is C18H31N5O3. The number of hydrogen-bond donors (Lipinski definition) is 3. The number of urea groups is 1. The van der Waals surface area contributed by atoms with Crippen molar-refractivity contribution in [3.05, 3.63) is 24.2 Å². The van der Waals surface area contributed by atoms with Crippen LogP contribution in [0.5, 0.6) is 0 Å². The Morgan fingerprint density at radius 3 is 2.38 bits per heavy atom. The minimum Gasteiger partial charge on any atom is -0.459 e. The molecule has 0 bridgehead atoms. The van der Waals surface area contributed by atoms with E-state index < -0.39 is 0 Å². The smallest absolute Gasteiger partial charge is 0.314 e. The number of amides is 3. The normalized spacial score (nSPS) is 15.6. The summed E-state index contributed by atoms with van der Waals surface area (Å²) in [4.78, 5) is 28.3. The lowest BCUT2D eigenvalue weighted by molar-refractivity contribution is 0.0926. The second-order valence-electron chi connectivity index (χ2n) is 6.40. The first kappa shape index (κ1) is 20.3. The van der Waals surface area contributed by atoms with Crippen molar-refractivity contribution in [3.63, 3.8) is 0 Å². The van der Waals surface area contributed by atoms with Crippen molar-refractivity contribution >= 4 is 11.9 Å². The molecule has 0 aromatic carbocycles. The molecule has 0 unspecified atom stereocenters. The molecule has 3 N–H and O–H groups in total. The molecule has 146 valence electrons. The van der Waals surface area contributed by atoms with Gasteiger partial charge in [-0.1, -0.05) is 6.92 Å². The van der Waals surface area contributed by atoms with Gasteiger partial charge in [0.05, 0.1) is 6.26 Å². The predicted octanol–water partition coefficient (Wildman–Crippen LogP) is 0.726. The highest BCUT2D eigenvalue weighted by molar-refractivity contribution is 5.91. The Kier molecular flexibility index (Phi) is 8.99. The summed E-state index contributed by atoms with van der Waals surface area (Å²) in [7, 11) is 0. The molecule has 1 aromatic heterocycles. The number of hydrogen-bond acceptors (Lipinski definition) is 5. The Morgan fingerprint density at radius 2 is 1.69 bits per heavy atom. The van der Waals surface area contributed by atoms with Crippen LogP contribution in [0.4, 0.5) is 4.79 Å². The molecule has 1 aromatic rings. The molecule has 2 heterocycles. The van der Waals surface area contributed by atoms with Crippen molar-refractivity contribution in [2.45, 2.75) is 19.8 Å². The number of rotatable bonds is 10. The lowest BCUT2D eigenvalue weighted by Crippen LogP contribution is -2.46. The van der Waals surface area contributed by atoms with Gasteiger partial charge in [-0.3, -0.25) is 4.79 Å². The molecule has 0 atom stereocenters. The Bertz CT molecular complexity index is 527. The molecule has 0 radical (unpaired) electrons. The third-order valence-corrected chi connectivity index (χ3v) is 4.54. The van der Waals surface area contributed by atoms with Gasteiger partial charge in [-0.15, -0.1) is 0 Å². The molecule has 0 saturated carbocycles. The van der Waals surface area contributed by atoms with E-state index in [-0.39, 0.29) is 17.7 Å². The molecule has 26 heavy (non-hydrogen) atoms. The summed E-state index contributed by atoms with van der Waals surface area (Å²) < 4.78 is 4.99. The fourth-order valence-corrected chi connectivity index (χ4v) is 2.90. The van der Waals surface area contributed by atoms with Crippen molar-refractivity contribution in [1.82, 2.24) is 25.8 Å². The molecule has 2 rings (SSSR count). The van der Waals surface area contributed by atoms with E-state index in [2.05, 4.69) is 32.7 Å². The summed E-state index contributed by atoms with van der Waals surface area (Å²) in [5.74, 6) is -0.0115. The Morgan fingerprint density at radius 1 is 1.00 bits per heavy atom. The van der Waals surface area contributed by atoms with Gasteiger partial charge >= 0.3 is 6.03 Å². The monoisotopic (exact) mass is 365 g/mol. The standard InChI is InChI=1S/C18H31N5O3/c1-2-22-11-13-23(14-12-22)10-4-3-7-20-18(25)21-9-8-19-17(24)16-6-5-15-26-16/h5-6,15H,2-4,7-14H2,1H3,(H,19,24)(H2,20,21,25). The van der Waals surface area contributed by atoms with Gasteiger partial charge in [0.1, 0.15) is 0 Å². The fourth-order valence-electron chi connectivity index (χ4n) is 2.90. The van der Waals surface area contributed by atoms with Crippen LogP contribution in [0.15, 0.2) is 22.8 Å². The summed E-state index contributed by atoms with van der Waals surface area (Å²) in [6, 6.07) is 3.05. The Hall–Kier alpha value is -2.06. The summed E-state index contributed by atoms with van der Waals surface area (Å²) in [6.07, 6.45) is 3.51. The van der Waals surface area contributed by atoms with Gasteiger partial charge < -0.3 is 30.2 Å². The average molecular weight is 365 g/mol. The predicted molar refractivity (Wildman–Crippen MR) is 100 cm³/mol. The number of nitrogens with one attached hydrogen (secondary N) is 3. The molecule has 0 aliphatic carbocycles. The zero-order chi connectivity index (χ0) is 18.6. The van der Waals surface area contributed by atoms with Gasteiger partial charge in [0.25, 0.3) is 5.91 Å². The molecular weight excluding hydrogens is 334 g/mol. The van der Waals surface area contributed by atoms with Gasteiger partial charge in [0, 0.05) is 45.8 Å². The second kappa shape index (κ2) is 11.5. The van der Waals surface area contributed by atoms with Crippen LogP contribution < -0.4 is 16.0 Å². The summed E-state index contributed by atoms with van der Waals surface area (Å²) >= 11 is 0. The number of carbonyl (C=O) groups excluding carboxylic acids is 2. The van der Waals surface area contributed by atoms with Gasteiger partial charge in [0.2, 0.25) is 0 Å². The van der Waals surface area contributed by atoms with E-state index in [9.17, 15) is 9.59 Å². The maximum Gasteiger partial charge on any atom is 0.314 e. The van der Waals surface area contributed by atoms with Crippen LogP contribution >= 0.6 is 0 Å². The lowest BCUT2D eigenvalue weighted by atomic mass is 10.2. The van der Waals surface area contributed by atoms with E-state index in [1.165, 1.54) is 6.26 Å². The Balaban J connectivity index is 1.41. The minimum absolute atomic E-state index is 0.200. The molecule has 0 spiro atoms. The maximum absolute atomic E-state index is 11.7. The van der Waals surface area contributed by atoms with Crippen LogP contribution in [-0.4, -0.2) is 80.6 Å². The molecule has 1 aliphatic rings. The van der Waals surface area contributed by atoms with E-state index >= 15 is 0 Å². The summed E-state index contributed by atoms with van der Waals surface area (Å²) in [5, 5.41) is 8.24. The largest absolute Gasteiger partial charge is 0.459 e. The molecule has 8 nitrogen and oxygen atoms in total. The highest BCUT2D eigenvalue weighted by atomic mass is 16.3. The SMILES string of the molecule is CCN1CCN(CCCCNC(=O)NCCNC(=O)c2ccco2)CC1. The van der Waals surface area contributed by atoms with Gasteiger partial charge in [-0.2, -0.15) is 0 Å². The molecule has 1 saturated heterocycles. The average Bonchev–Trinajstić information content (AvgIpc) is 3.20. The summed E-state index contributed by atoms with van der Waals surface area (Å²) in [6.45, 7) is 10.5. The second-order valence-corrected chi connectivity index (χ2v) is 6.40. The first-order valence-corrected chi connectivity index (χ1v) is 9.47. The van der Waals surface area contributed by atoms with E-state index in [1.54, 1.807) is 12.1 Å². The van der Waals surface area contributed by atoms with Crippen LogP contribution in [0, 0.1) is 0 Å². The number of carbonyl (C=O) groups is 2. The Labute approximate surface area is 155 Å². The van der Waals surface area contributed by atoms with Crippen molar-refractivity contribution < 1.29 is 14.0 Å². The van der Waals surface area contributed by atoms with E-state index in [0.29, 0.717) is 19.6 Å². The first-order chi connectivity index (χ1) is 12.7. The maximum atomic E-state index is 11.7. The van der Waals surface area contributed by atoms with Crippen LogP contribution in [0.1, 0.15) is 30.3 Å². The minimum atomic E-state index is -0.281. The molecule has 8 heteroatoms. The van der Waals surface area contributed by atoms with Crippen LogP contribution in [0.3, 0.4) is 0 Å². The number of furan rings is 1. The highest BCUT2D eigenvalue weighted by Crippen LogP contribution is 2.02. The quantitative estimate of drug-likeness (QED) is 0.532. The van der Waals surface area contributed by atoms with E-state index in [0.717, 1.165) is 52.1 Å². The highest BCUT2D eigenvalue weighted by Gasteiger charge is 2.14. The zero-order valence-electron chi connectivity index (χ0n) is 15.6. The third-order valence-electron chi connectivity index (χ3n) is 4.54. The van der Waals surface area contributed by atoms with E-state index in [4.69, 9.17) is 4.42 Å². The number of nitrogens with zero attached hydrogens (tertiary/aromatic N) is 2. The van der Waals surface area contributed by atoms with Crippen LogP contribution in [0.25, 0.3) is 0 Å². The summed E-state index contributed by atoms with van der Waals surface area (Å²) in [5.41, 5.74) is 0. The van der Waals surface area contributed by atoms with Crippen molar-refractivity contribution in [3.8, 4) is 0 Å². The number of unbranched alkanes of at least 4 members (excludes halogenated alkanes) is 1. The van der Waals surface area contributed by atoms with Gasteiger partial charge in [-0.05, 0) is 38.1 Å². The van der Waals surface area contributed by atoms with Gasteiger partial charge in [-0.25, -0.2) is 4.79 Å². The third kappa shape index (κ3) is 7.45.